The minimum atomic E-state index is 0.404. The highest BCUT2D eigenvalue weighted by molar-refractivity contribution is 4.72. The Balaban J connectivity index is 2.30. The normalized spacial score (nSPS) is 23.5. The second kappa shape index (κ2) is 4.76. The summed E-state index contributed by atoms with van der Waals surface area (Å²) < 4.78 is 0. The van der Waals surface area contributed by atoms with Gasteiger partial charge in [0.25, 0.3) is 0 Å². The molecule has 1 atom stereocenters. The van der Waals surface area contributed by atoms with Crippen LogP contribution in [0.1, 0.15) is 45.4 Å². The lowest BCUT2D eigenvalue weighted by Crippen LogP contribution is -2.20. The lowest BCUT2D eigenvalue weighted by Gasteiger charge is -2.27. The van der Waals surface area contributed by atoms with Crippen LogP contribution in [0.3, 0.4) is 0 Å². The molecule has 1 rings (SSSR count). The molecule has 0 aromatic heterocycles. The van der Waals surface area contributed by atoms with E-state index in [9.17, 15) is 0 Å². The highest BCUT2D eigenvalue weighted by Crippen LogP contribution is 2.31. The van der Waals surface area contributed by atoms with Crippen LogP contribution < -0.4 is 0 Å². The molecule has 1 N–H and O–H groups in total. The third kappa shape index (κ3) is 2.48. The van der Waals surface area contributed by atoms with Gasteiger partial charge in [-0.1, -0.05) is 45.4 Å². The molecule has 0 radical (unpaired) electrons. The van der Waals surface area contributed by atoms with Crippen LogP contribution >= 0.6 is 0 Å². The van der Waals surface area contributed by atoms with Crippen LogP contribution in [0, 0.1) is 11.8 Å². The van der Waals surface area contributed by atoms with Gasteiger partial charge in [-0.05, 0) is 11.8 Å². The van der Waals surface area contributed by atoms with Gasteiger partial charge in [0, 0.05) is 6.61 Å². The maximum absolute atomic E-state index is 9.08. The van der Waals surface area contributed by atoms with E-state index in [0.717, 1.165) is 12.3 Å². The summed E-state index contributed by atoms with van der Waals surface area (Å²) in [6.07, 6.45) is 8.07. The van der Waals surface area contributed by atoms with Crippen LogP contribution in [-0.4, -0.2) is 11.7 Å². The zero-order valence-corrected chi connectivity index (χ0v) is 7.55. The Labute approximate surface area is 69.8 Å². The number of hydrogen-bond acceptors (Lipinski definition) is 1. The standard InChI is InChI=1S/C10H20O/c1-2-9(8-11)10-6-4-3-5-7-10/h9-11H,2-8H2,1H3/t9-/m0/s1. The fourth-order valence-corrected chi connectivity index (χ4v) is 2.22. The summed E-state index contributed by atoms with van der Waals surface area (Å²) in [6.45, 7) is 2.59. The fourth-order valence-electron chi connectivity index (χ4n) is 2.22. The molecule has 1 aliphatic rings. The van der Waals surface area contributed by atoms with Crippen molar-refractivity contribution >= 4 is 0 Å². The van der Waals surface area contributed by atoms with Crippen molar-refractivity contribution in [2.45, 2.75) is 45.4 Å². The van der Waals surface area contributed by atoms with Crippen molar-refractivity contribution in [3.63, 3.8) is 0 Å². The highest BCUT2D eigenvalue weighted by Gasteiger charge is 2.20. The van der Waals surface area contributed by atoms with Gasteiger partial charge in [-0.3, -0.25) is 0 Å². The summed E-state index contributed by atoms with van der Waals surface area (Å²) >= 11 is 0. The van der Waals surface area contributed by atoms with E-state index >= 15 is 0 Å². The summed E-state index contributed by atoms with van der Waals surface area (Å²) in [5.41, 5.74) is 0. The lowest BCUT2D eigenvalue weighted by molar-refractivity contribution is 0.144. The second-order valence-electron chi connectivity index (χ2n) is 3.75. The first-order valence-electron chi connectivity index (χ1n) is 4.99. The molecule has 0 amide bonds. The Morgan fingerprint density at radius 2 is 1.91 bits per heavy atom. The van der Waals surface area contributed by atoms with Crippen molar-refractivity contribution in [1.29, 1.82) is 0 Å². The Bertz CT molecular complexity index is 91.0. The first-order chi connectivity index (χ1) is 5.38. The summed E-state index contributed by atoms with van der Waals surface area (Å²) in [5, 5.41) is 9.08. The molecule has 66 valence electrons. The number of aliphatic hydroxyl groups excluding tert-OH is 1. The predicted molar refractivity (Wildman–Crippen MR) is 47.4 cm³/mol. The van der Waals surface area contributed by atoms with E-state index in [0.29, 0.717) is 12.5 Å². The van der Waals surface area contributed by atoms with E-state index < -0.39 is 0 Å². The first-order valence-corrected chi connectivity index (χ1v) is 4.99. The van der Waals surface area contributed by atoms with Crippen LogP contribution in [0.25, 0.3) is 0 Å². The van der Waals surface area contributed by atoms with Gasteiger partial charge in [-0.15, -0.1) is 0 Å². The lowest BCUT2D eigenvalue weighted by atomic mass is 9.79. The third-order valence-corrected chi connectivity index (χ3v) is 3.08. The van der Waals surface area contributed by atoms with E-state index in [1.807, 2.05) is 0 Å². The van der Waals surface area contributed by atoms with Gasteiger partial charge >= 0.3 is 0 Å². The van der Waals surface area contributed by atoms with E-state index in [4.69, 9.17) is 5.11 Å². The van der Waals surface area contributed by atoms with Crippen LogP contribution in [0.4, 0.5) is 0 Å². The van der Waals surface area contributed by atoms with Crippen LogP contribution in [0.2, 0.25) is 0 Å². The molecule has 0 bridgehead atoms. The summed E-state index contributed by atoms with van der Waals surface area (Å²) in [6, 6.07) is 0. The minimum Gasteiger partial charge on any atom is -0.396 e. The van der Waals surface area contributed by atoms with Crippen molar-refractivity contribution in [3.05, 3.63) is 0 Å². The average Bonchev–Trinajstić information content (AvgIpc) is 2.09. The molecule has 0 saturated heterocycles. The van der Waals surface area contributed by atoms with Crippen molar-refractivity contribution in [3.8, 4) is 0 Å². The Hall–Kier alpha value is -0.0400. The molecule has 0 unspecified atom stereocenters. The number of aliphatic hydroxyl groups is 1. The topological polar surface area (TPSA) is 20.2 Å². The maximum atomic E-state index is 9.08. The molecular formula is C10H20O. The predicted octanol–water partition coefficient (Wildman–Crippen LogP) is 2.59. The molecule has 1 fully saturated rings. The van der Waals surface area contributed by atoms with Crippen LogP contribution in [0.15, 0.2) is 0 Å². The van der Waals surface area contributed by atoms with Gasteiger partial charge in [0.15, 0.2) is 0 Å². The first kappa shape index (κ1) is 9.05. The van der Waals surface area contributed by atoms with Gasteiger partial charge in [0.05, 0.1) is 0 Å². The van der Waals surface area contributed by atoms with Gasteiger partial charge in [-0.25, -0.2) is 0 Å². The quantitative estimate of drug-likeness (QED) is 0.666. The summed E-state index contributed by atoms with van der Waals surface area (Å²) in [7, 11) is 0. The molecular weight excluding hydrogens is 136 g/mol. The smallest absolute Gasteiger partial charge is 0.0461 e. The van der Waals surface area contributed by atoms with Gasteiger partial charge in [0.2, 0.25) is 0 Å². The number of hydrogen-bond donors (Lipinski definition) is 1. The van der Waals surface area contributed by atoms with E-state index in [-0.39, 0.29) is 0 Å². The molecule has 1 heteroatoms. The Morgan fingerprint density at radius 1 is 1.27 bits per heavy atom. The zero-order valence-electron chi connectivity index (χ0n) is 7.55. The van der Waals surface area contributed by atoms with E-state index in [1.165, 1.54) is 32.1 Å². The fraction of sp³-hybridized carbons (Fsp3) is 1.00. The average molecular weight is 156 g/mol. The Kier molecular flexibility index (Phi) is 3.92. The molecule has 0 aromatic carbocycles. The van der Waals surface area contributed by atoms with Crippen molar-refractivity contribution in [2.24, 2.45) is 11.8 Å². The maximum Gasteiger partial charge on any atom is 0.0461 e. The molecule has 0 spiro atoms. The van der Waals surface area contributed by atoms with E-state index in [2.05, 4.69) is 6.92 Å². The highest BCUT2D eigenvalue weighted by atomic mass is 16.3. The molecule has 0 aromatic rings. The monoisotopic (exact) mass is 156 g/mol. The minimum absolute atomic E-state index is 0.404. The van der Waals surface area contributed by atoms with Crippen LogP contribution in [0.5, 0.6) is 0 Å². The van der Waals surface area contributed by atoms with Gasteiger partial charge in [0.1, 0.15) is 0 Å². The molecule has 1 nitrogen and oxygen atoms in total. The summed E-state index contributed by atoms with van der Waals surface area (Å²) in [5.74, 6) is 1.43. The summed E-state index contributed by atoms with van der Waals surface area (Å²) in [4.78, 5) is 0. The van der Waals surface area contributed by atoms with Crippen molar-refractivity contribution in [2.75, 3.05) is 6.61 Å². The van der Waals surface area contributed by atoms with Gasteiger partial charge in [-0.2, -0.15) is 0 Å². The van der Waals surface area contributed by atoms with E-state index in [1.54, 1.807) is 0 Å². The third-order valence-electron chi connectivity index (χ3n) is 3.08. The van der Waals surface area contributed by atoms with Crippen molar-refractivity contribution < 1.29 is 5.11 Å². The molecule has 11 heavy (non-hydrogen) atoms. The van der Waals surface area contributed by atoms with Crippen LogP contribution in [-0.2, 0) is 0 Å². The zero-order chi connectivity index (χ0) is 8.10. The van der Waals surface area contributed by atoms with Gasteiger partial charge < -0.3 is 5.11 Å². The Morgan fingerprint density at radius 3 is 2.36 bits per heavy atom. The molecule has 0 aliphatic heterocycles. The molecule has 0 heterocycles. The second-order valence-corrected chi connectivity index (χ2v) is 3.75. The SMILES string of the molecule is CC[C@@H](CO)C1CCCCC1. The van der Waals surface area contributed by atoms with Crippen molar-refractivity contribution in [1.82, 2.24) is 0 Å². The molecule has 1 aliphatic carbocycles. The number of rotatable bonds is 3. The molecule has 1 saturated carbocycles. The largest absolute Gasteiger partial charge is 0.396 e.